The highest BCUT2D eigenvalue weighted by atomic mass is 32.1. The van der Waals surface area contributed by atoms with Crippen LogP contribution in [0.3, 0.4) is 0 Å². The molecule has 156 valence electrons. The summed E-state index contributed by atoms with van der Waals surface area (Å²) in [5, 5.41) is 5.35. The first-order valence-electron chi connectivity index (χ1n) is 10.2. The number of thiophene rings is 1. The number of dihydropyridines is 1. The minimum absolute atomic E-state index is 0.0183. The lowest BCUT2D eigenvalue weighted by Gasteiger charge is -2.36. The number of Topliss-reactive ketones (excluding diaryl/α,β-unsaturated/α-hetero) is 1. The Bertz CT molecular complexity index is 1020. The van der Waals surface area contributed by atoms with E-state index in [2.05, 4.69) is 11.4 Å². The Morgan fingerprint density at radius 2 is 2.00 bits per heavy atom. The fraction of sp³-hybridized carbons (Fsp3) is 0.333. The van der Waals surface area contributed by atoms with Crippen molar-refractivity contribution in [3.8, 4) is 0 Å². The molecule has 1 aromatic carbocycles. The van der Waals surface area contributed by atoms with E-state index in [1.807, 2.05) is 25.3 Å². The Balaban J connectivity index is 1.78. The van der Waals surface area contributed by atoms with Crippen molar-refractivity contribution in [3.05, 3.63) is 80.6 Å². The van der Waals surface area contributed by atoms with Crippen LogP contribution in [0.15, 0.2) is 64.3 Å². The van der Waals surface area contributed by atoms with Crippen LogP contribution in [0.5, 0.6) is 0 Å². The number of carbonyl (C=O) groups excluding carboxylic acids is 2. The molecule has 1 aliphatic heterocycles. The summed E-state index contributed by atoms with van der Waals surface area (Å²) in [7, 11) is 0. The molecule has 0 radical (unpaired) electrons. The second-order valence-electron chi connectivity index (χ2n) is 7.72. The van der Waals surface area contributed by atoms with E-state index in [1.54, 1.807) is 23.5 Å². The summed E-state index contributed by atoms with van der Waals surface area (Å²) in [6, 6.07) is 10.1. The van der Waals surface area contributed by atoms with Crippen molar-refractivity contribution < 1.29 is 18.7 Å². The molecular formula is C24H24FNO3S. The number of benzene rings is 1. The minimum Gasteiger partial charge on any atom is -0.462 e. The highest BCUT2D eigenvalue weighted by Crippen LogP contribution is 2.46. The van der Waals surface area contributed by atoms with Crippen molar-refractivity contribution in [1.82, 2.24) is 5.32 Å². The van der Waals surface area contributed by atoms with Gasteiger partial charge < -0.3 is 10.1 Å². The second-order valence-corrected chi connectivity index (χ2v) is 8.70. The van der Waals surface area contributed by atoms with Crippen LogP contribution in [0.2, 0.25) is 0 Å². The van der Waals surface area contributed by atoms with Gasteiger partial charge in [0.25, 0.3) is 0 Å². The van der Waals surface area contributed by atoms with Crippen molar-refractivity contribution in [2.24, 2.45) is 0 Å². The third kappa shape index (κ3) is 3.84. The van der Waals surface area contributed by atoms with Crippen LogP contribution in [0, 0.1) is 5.82 Å². The van der Waals surface area contributed by atoms with Gasteiger partial charge in [0.1, 0.15) is 5.82 Å². The van der Waals surface area contributed by atoms with Gasteiger partial charge in [0.2, 0.25) is 0 Å². The van der Waals surface area contributed by atoms with Gasteiger partial charge in [-0.05, 0) is 48.9 Å². The minimum atomic E-state index is -0.553. The molecule has 2 aromatic rings. The van der Waals surface area contributed by atoms with Crippen LogP contribution in [0.4, 0.5) is 4.39 Å². The molecule has 4 rings (SSSR count). The summed E-state index contributed by atoms with van der Waals surface area (Å²) >= 11 is 1.65. The number of esters is 1. The van der Waals surface area contributed by atoms with Gasteiger partial charge in [-0.2, -0.15) is 0 Å². The molecule has 0 bridgehead atoms. The highest BCUT2D eigenvalue weighted by molar-refractivity contribution is 7.10. The quantitative estimate of drug-likeness (QED) is 0.669. The molecular weight excluding hydrogens is 401 g/mol. The Labute approximate surface area is 179 Å². The zero-order valence-electron chi connectivity index (χ0n) is 17.0. The molecule has 0 saturated heterocycles. The Kier molecular flexibility index (Phi) is 5.86. The van der Waals surface area contributed by atoms with Gasteiger partial charge in [-0.3, -0.25) is 4.79 Å². The lowest BCUT2D eigenvalue weighted by Crippen LogP contribution is -2.36. The fourth-order valence-corrected chi connectivity index (χ4v) is 5.13. The number of nitrogens with one attached hydrogen (secondary N) is 1. The van der Waals surface area contributed by atoms with E-state index < -0.39 is 11.9 Å². The molecule has 1 N–H and O–H groups in total. The Morgan fingerprint density at radius 3 is 2.67 bits per heavy atom. The molecule has 1 aliphatic carbocycles. The normalized spacial score (nSPS) is 21.4. The fourth-order valence-electron chi connectivity index (χ4n) is 4.30. The lowest BCUT2D eigenvalue weighted by molar-refractivity contribution is -0.139. The summed E-state index contributed by atoms with van der Waals surface area (Å²) in [6.07, 6.45) is 1.81. The van der Waals surface area contributed by atoms with Gasteiger partial charge >= 0.3 is 5.97 Å². The second kappa shape index (κ2) is 8.56. The third-order valence-corrected chi connectivity index (χ3v) is 6.67. The van der Waals surface area contributed by atoms with Gasteiger partial charge in [0, 0.05) is 40.1 Å². The number of ether oxygens (including phenoxy) is 1. The molecule has 1 aromatic heterocycles. The summed E-state index contributed by atoms with van der Waals surface area (Å²) in [5.74, 6) is -1.20. The average molecular weight is 426 g/mol. The highest BCUT2D eigenvalue weighted by Gasteiger charge is 2.41. The lowest BCUT2D eigenvalue weighted by atomic mass is 9.72. The maximum Gasteiger partial charge on any atom is 0.336 e. The van der Waals surface area contributed by atoms with Crippen molar-refractivity contribution in [2.75, 3.05) is 6.61 Å². The number of halogens is 1. The van der Waals surface area contributed by atoms with Crippen molar-refractivity contribution in [1.29, 1.82) is 0 Å². The smallest absolute Gasteiger partial charge is 0.336 e. The van der Waals surface area contributed by atoms with Crippen molar-refractivity contribution in [2.45, 2.75) is 44.9 Å². The molecule has 30 heavy (non-hydrogen) atoms. The monoisotopic (exact) mass is 425 g/mol. The summed E-state index contributed by atoms with van der Waals surface area (Å²) in [6.45, 7) is 4.08. The predicted octanol–water partition coefficient (Wildman–Crippen LogP) is 5.20. The van der Waals surface area contributed by atoms with E-state index in [0.717, 1.165) is 11.3 Å². The van der Waals surface area contributed by atoms with E-state index in [0.29, 0.717) is 42.7 Å². The predicted molar refractivity (Wildman–Crippen MR) is 115 cm³/mol. The molecule has 2 unspecified atom stereocenters. The SMILES string of the molecule is CCCOC(=O)C1=C(C)NC2=C(C(=O)CC(c3cccs3)C2)C1c1ccc(F)cc1. The third-order valence-electron chi connectivity index (χ3n) is 5.63. The average Bonchev–Trinajstić information content (AvgIpc) is 3.26. The number of hydrogen-bond acceptors (Lipinski definition) is 5. The van der Waals surface area contributed by atoms with Gasteiger partial charge in [0.05, 0.1) is 12.2 Å². The molecule has 0 spiro atoms. The number of carbonyl (C=O) groups is 2. The molecule has 0 amide bonds. The summed E-state index contributed by atoms with van der Waals surface area (Å²) < 4.78 is 19.0. The first-order valence-corrected chi connectivity index (χ1v) is 11.1. The molecule has 2 heterocycles. The van der Waals surface area contributed by atoms with Crippen LogP contribution < -0.4 is 5.32 Å². The number of allylic oxidation sites excluding steroid dienone is 3. The molecule has 0 fully saturated rings. The van der Waals surface area contributed by atoms with Crippen molar-refractivity contribution in [3.63, 3.8) is 0 Å². The van der Waals surface area contributed by atoms with E-state index >= 15 is 0 Å². The van der Waals surface area contributed by atoms with Crippen molar-refractivity contribution >= 4 is 23.1 Å². The van der Waals surface area contributed by atoms with Gasteiger partial charge in [-0.1, -0.05) is 25.1 Å². The number of ketones is 1. The van der Waals surface area contributed by atoms with Crippen LogP contribution in [0.25, 0.3) is 0 Å². The van der Waals surface area contributed by atoms with E-state index in [1.165, 1.54) is 17.0 Å². The maximum atomic E-state index is 13.6. The molecule has 0 saturated carbocycles. The zero-order valence-corrected chi connectivity index (χ0v) is 17.9. The molecule has 6 heteroatoms. The summed E-state index contributed by atoms with van der Waals surface area (Å²) in [5.41, 5.74) is 3.28. The van der Waals surface area contributed by atoms with Gasteiger partial charge in [-0.15, -0.1) is 11.3 Å². The van der Waals surface area contributed by atoms with E-state index in [-0.39, 0.29) is 17.5 Å². The van der Waals surface area contributed by atoms with Gasteiger partial charge in [0.15, 0.2) is 5.78 Å². The first kappa shape index (κ1) is 20.5. The largest absolute Gasteiger partial charge is 0.462 e. The molecule has 2 atom stereocenters. The van der Waals surface area contributed by atoms with Gasteiger partial charge in [-0.25, -0.2) is 9.18 Å². The number of hydrogen-bond donors (Lipinski definition) is 1. The first-order chi connectivity index (χ1) is 14.5. The molecule has 2 aliphatic rings. The Morgan fingerprint density at radius 1 is 1.23 bits per heavy atom. The zero-order chi connectivity index (χ0) is 21.3. The standard InChI is InChI=1S/C24H24FNO3S/c1-3-10-29-24(28)21-14(2)26-18-12-16(20-5-4-11-30-20)13-19(27)23(18)22(21)15-6-8-17(25)9-7-15/h4-9,11,16,22,26H,3,10,12-13H2,1-2H3. The molecule has 4 nitrogen and oxygen atoms in total. The van der Waals surface area contributed by atoms with Crippen LogP contribution >= 0.6 is 11.3 Å². The van der Waals surface area contributed by atoms with Crippen LogP contribution in [-0.4, -0.2) is 18.4 Å². The Hall–Kier alpha value is -2.73. The van der Waals surface area contributed by atoms with E-state index in [4.69, 9.17) is 4.74 Å². The van der Waals surface area contributed by atoms with Crippen LogP contribution in [-0.2, 0) is 14.3 Å². The topological polar surface area (TPSA) is 55.4 Å². The van der Waals surface area contributed by atoms with Crippen LogP contribution in [0.1, 0.15) is 55.4 Å². The maximum absolute atomic E-state index is 13.6. The number of rotatable bonds is 5. The van der Waals surface area contributed by atoms with E-state index in [9.17, 15) is 14.0 Å². The summed E-state index contributed by atoms with van der Waals surface area (Å²) in [4.78, 5) is 27.4.